The highest BCUT2D eigenvalue weighted by molar-refractivity contribution is 7.89. The second kappa shape index (κ2) is 9.61. The largest absolute Gasteiger partial charge is 0.466 e. The summed E-state index contributed by atoms with van der Waals surface area (Å²) < 4.78 is 32.8. The maximum atomic E-state index is 12.9. The zero-order valence-electron chi connectivity index (χ0n) is 15.5. The summed E-state index contributed by atoms with van der Waals surface area (Å²) in [6.07, 6.45) is -0.471. The number of benzene rings is 2. The van der Waals surface area contributed by atoms with E-state index < -0.39 is 48.9 Å². The predicted octanol–water partition coefficient (Wildman–Crippen LogP) is 3.13. The Morgan fingerprint density at radius 3 is 2.37 bits per heavy atom. The van der Waals surface area contributed by atoms with E-state index in [1.54, 1.807) is 6.92 Å². The smallest absolute Gasteiger partial charge is 0.307 e. The van der Waals surface area contributed by atoms with Crippen LogP contribution >= 0.6 is 11.6 Å². The molecule has 0 aliphatic carbocycles. The second-order valence-corrected chi connectivity index (χ2v) is 8.00. The predicted molar refractivity (Wildman–Crippen MR) is 106 cm³/mol. The summed E-state index contributed by atoms with van der Waals surface area (Å²) in [4.78, 5) is 32.0. The van der Waals surface area contributed by atoms with Gasteiger partial charge in [-0.05, 0) is 18.6 Å². The van der Waals surface area contributed by atoms with Crippen molar-refractivity contribution in [3.05, 3.63) is 73.3 Å². The van der Waals surface area contributed by atoms with E-state index in [0.29, 0.717) is 0 Å². The van der Waals surface area contributed by atoms with Crippen molar-refractivity contribution in [1.82, 2.24) is 4.72 Å². The van der Waals surface area contributed by atoms with Crippen LogP contribution in [-0.4, -0.2) is 30.8 Å². The van der Waals surface area contributed by atoms with E-state index in [1.165, 1.54) is 18.2 Å². The first-order chi connectivity index (χ1) is 14.0. The minimum absolute atomic E-state index is 0.0456. The molecule has 11 nitrogen and oxygen atoms in total. The van der Waals surface area contributed by atoms with Gasteiger partial charge in [0.05, 0.1) is 33.9 Å². The van der Waals surface area contributed by atoms with Gasteiger partial charge in [-0.15, -0.1) is 0 Å². The average molecular weight is 458 g/mol. The van der Waals surface area contributed by atoms with Crippen LogP contribution in [0.25, 0.3) is 0 Å². The van der Waals surface area contributed by atoms with E-state index in [2.05, 4.69) is 4.72 Å². The molecule has 0 fully saturated rings. The molecule has 13 heteroatoms. The first kappa shape index (κ1) is 23.2. The lowest BCUT2D eigenvalue weighted by molar-refractivity contribution is -0.385. The molecule has 2 rings (SSSR count). The molecule has 0 saturated heterocycles. The van der Waals surface area contributed by atoms with Crippen molar-refractivity contribution in [3.63, 3.8) is 0 Å². The van der Waals surface area contributed by atoms with Gasteiger partial charge in [0.1, 0.15) is 4.90 Å². The van der Waals surface area contributed by atoms with Crippen LogP contribution < -0.4 is 4.72 Å². The Balaban J connectivity index is 2.48. The molecular weight excluding hydrogens is 442 g/mol. The monoisotopic (exact) mass is 457 g/mol. The normalized spacial score (nSPS) is 12.2. The summed E-state index contributed by atoms with van der Waals surface area (Å²) in [5.74, 6) is -0.748. The van der Waals surface area contributed by atoms with E-state index in [-0.39, 0.29) is 22.9 Å². The number of halogens is 1. The highest BCUT2D eigenvalue weighted by atomic mass is 35.5. The summed E-state index contributed by atoms with van der Waals surface area (Å²) in [7, 11) is -4.45. The Morgan fingerprint density at radius 2 is 1.77 bits per heavy atom. The highest BCUT2D eigenvalue weighted by Crippen LogP contribution is 2.29. The first-order valence-electron chi connectivity index (χ1n) is 8.41. The minimum atomic E-state index is -4.45. The summed E-state index contributed by atoms with van der Waals surface area (Å²) in [6.45, 7) is 1.61. The van der Waals surface area contributed by atoms with Crippen molar-refractivity contribution in [3.8, 4) is 0 Å². The average Bonchev–Trinajstić information content (AvgIpc) is 2.67. The standard InChI is InChI=1S/C17H16ClN3O8S/c1-2-29-17(22)10-15(11-4-3-5-12(8-11)20(23)24)19-30(27,28)16-9-13(21(25)26)6-7-14(16)18/h3-9,15,19H,2,10H2,1H3. The van der Waals surface area contributed by atoms with Crippen molar-refractivity contribution in [2.75, 3.05) is 6.61 Å². The molecule has 0 radical (unpaired) electrons. The van der Waals surface area contributed by atoms with E-state index in [4.69, 9.17) is 16.3 Å². The molecule has 30 heavy (non-hydrogen) atoms. The molecular formula is C17H16ClN3O8S. The molecule has 0 amide bonds. The number of carbonyl (C=O) groups is 1. The number of nitrogens with zero attached hydrogens (tertiary/aromatic N) is 2. The zero-order valence-corrected chi connectivity index (χ0v) is 17.1. The molecule has 0 spiro atoms. The molecule has 0 aromatic heterocycles. The van der Waals surface area contributed by atoms with Crippen LogP contribution in [0.3, 0.4) is 0 Å². The Hall–Kier alpha value is -3.09. The molecule has 1 atom stereocenters. The van der Waals surface area contributed by atoms with Gasteiger partial charge in [0.15, 0.2) is 0 Å². The van der Waals surface area contributed by atoms with Crippen LogP contribution in [0.1, 0.15) is 24.9 Å². The second-order valence-electron chi connectivity index (χ2n) is 5.91. The Labute approximate surface area is 176 Å². The number of hydrogen-bond acceptors (Lipinski definition) is 8. The fourth-order valence-corrected chi connectivity index (χ4v) is 4.28. The van der Waals surface area contributed by atoms with Crippen LogP contribution in [0.2, 0.25) is 5.02 Å². The van der Waals surface area contributed by atoms with Crippen LogP contribution in [0.5, 0.6) is 0 Å². The van der Waals surface area contributed by atoms with Gasteiger partial charge in [-0.2, -0.15) is 0 Å². The van der Waals surface area contributed by atoms with Crippen LogP contribution in [0, 0.1) is 20.2 Å². The van der Waals surface area contributed by atoms with Gasteiger partial charge in [0.2, 0.25) is 10.0 Å². The van der Waals surface area contributed by atoms with Crippen molar-refractivity contribution in [2.45, 2.75) is 24.3 Å². The van der Waals surface area contributed by atoms with E-state index in [9.17, 15) is 33.4 Å². The van der Waals surface area contributed by atoms with Gasteiger partial charge in [-0.3, -0.25) is 25.0 Å². The lowest BCUT2D eigenvalue weighted by atomic mass is 10.0. The third-order valence-corrected chi connectivity index (χ3v) is 5.83. The number of non-ortho nitro benzene ring substituents is 2. The first-order valence-corrected chi connectivity index (χ1v) is 10.3. The summed E-state index contributed by atoms with van der Waals surface area (Å²) in [5, 5.41) is 21.7. The number of nitro benzene ring substituents is 2. The number of sulfonamides is 1. The molecule has 1 N–H and O–H groups in total. The molecule has 0 aliphatic rings. The van der Waals surface area contributed by atoms with E-state index >= 15 is 0 Å². The van der Waals surface area contributed by atoms with Crippen molar-refractivity contribution < 1.29 is 27.8 Å². The SMILES string of the molecule is CCOC(=O)CC(NS(=O)(=O)c1cc([N+](=O)[O-])ccc1Cl)c1cccc([N+](=O)[O-])c1. The molecule has 1 unspecified atom stereocenters. The van der Waals surface area contributed by atoms with Gasteiger partial charge in [0.25, 0.3) is 11.4 Å². The number of ether oxygens (including phenoxy) is 1. The van der Waals surface area contributed by atoms with Crippen molar-refractivity contribution in [2.24, 2.45) is 0 Å². The van der Waals surface area contributed by atoms with E-state index in [0.717, 1.165) is 24.3 Å². The van der Waals surface area contributed by atoms with Gasteiger partial charge in [-0.1, -0.05) is 23.7 Å². The Bertz CT molecular complexity index is 1090. The van der Waals surface area contributed by atoms with Gasteiger partial charge in [0, 0.05) is 24.3 Å². The summed E-state index contributed by atoms with van der Waals surface area (Å²) in [5.41, 5.74) is -0.687. The lowest BCUT2D eigenvalue weighted by Crippen LogP contribution is -2.31. The number of esters is 1. The van der Waals surface area contributed by atoms with E-state index in [1.807, 2.05) is 0 Å². The molecule has 2 aromatic carbocycles. The minimum Gasteiger partial charge on any atom is -0.466 e. The Morgan fingerprint density at radius 1 is 1.13 bits per heavy atom. The highest BCUT2D eigenvalue weighted by Gasteiger charge is 2.28. The molecule has 0 aliphatic heterocycles. The number of carbonyl (C=O) groups excluding carboxylic acids is 1. The number of hydrogen-bond donors (Lipinski definition) is 1. The lowest BCUT2D eigenvalue weighted by Gasteiger charge is -2.19. The van der Waals surface area contributed by atoms with Crippen LogP contribution in [0.4, 0.5) is 11.4 Å². The maximum Gasteiger partial charge on any atom is 0.307 e. The molecule has 0 bridgehead atoms. The number of nitro groups is 2. The topological polar surface area (TPSA) is 159 Å². The number of rotatable bonds is 9. The fourth-order valence-electron chi connectivity index (χ4n) is 2.53. The molecule has 2 aromatic rings. The maximum absolute atomic E-state index is 12.9. The number of nitrogens with one attached hydrogen (secondary N) is 1. The third kappa shape index (κ3) is 5.72. The van der Waals surface area contributed by atoms with Crippen LogP contribution in [-0.2, 0) is 19.6 Å². The van der Waals surface area contributed by atoms with Crippen molar-refractivity contribution in [1.29, 1.82) is 0 Å². The summed E-state index contributed by atoms with van der Waals surface area (Å²) >= 11 is 5.91. The zero-order chi connectivity index (χ0) is 22.5. The van der Waals surface area contributed by atoms with Gasteiger partial charge >= 0.3 is 5.97 Å². The van der Waals surface area contributed by atoms with Gasteiger partial charge < -0.3 is 4.74 Å². The molecule has 0 heterocycles. The van der Waals surface area contributed by atoms with Crippen molar-refractivity contribution >= 4 is 39.0 Å². The fraction of sp³-hybridized carbons (Fsp3) is 0.235. The third-order valence-electron chi connectivity index (χ3n) is 3.87. The quantitative estimate of drug-likeness (QED) is 0.341. The molecule has 0 saturated carbocycles. The Kier molecular flexibility index (Phi) is 7.43. The van der Waals surface area contributed by atoms with Crippen LogP contribution in [0.15, 0.2) is 47.4 Å². The molecule has 160 valence electrons. The summed E-state index contributed by atoms with van der Waals surface area (Å²) in [6, 6.07) is 6.68. The van der Waals surface area contributed by atoms with Gasteiger partial charge in [-0.25, -0.2) is 13.1 Å².